The second-order valence-electron chi connectivity index (χ2n) is 5.94. The van der Waals surface area contributed by atoms with Crippen molar-refractivity contribution in [1.29, 1.82) is 0 Å². The number of hydrogen-bond donors (Lipinski definition) is 1. The van der Waals surface area contributed by atoms with Gasteiger partial charge in [-0.2, -0.15) is 0 Å². The van der Waals surface area contributed by atoms with E-state index in [2.05, 4.69) is 0 Å². The molecule has 2 aromatic carbocycles. The van der Waals surface area contributed by atoms with E-state index in [-0.39, 0.29) is 13.2 Å². The third kappa shape index (κ3) is 3.25. The number of nitrogens with zero attached hydrogens (tertiary/aromatic N) is 1. The molecule has 3 rings (SSSR count). The molecule has 124 valence electrons. The van der Waals surface area contributed by atoms with Gasteiger partial charge in [-0.15, -0.1) is 0 Å². The normalized spacial score (nSPS) is 16.4. The molecule has 0 radical (unpaired) electrons. The highest BCUT2D eigenvalue weighted by Crippen LogP contribution is 2.27. The van der Waals surface area contributed by atoms with Crippen LogP contribution in [0.1, 0.15) is 22.3 Å². The van der Waals surface area contributed by atoms with Crippen LogP contribution in [0.3, 0.4) is 0 Å². The summed E-state index contributed by atoms with van der Waals surface area (Å²) in [6.45, 7) is 2.34. The van der Waals surface area contributed by atoms with E-state index in [4.69, 9.17) is 4.74 Å². The average Bonchev–Trinajstić information content (AvgIpc) is 2.60. The lowest BCUT2D eigenvalue weighted by Crippen LogP contribution is -2.49. The predicted octanol–water partition coefficient (Wildman–Crippen LogP) is 3.14. The molecule has 0 saturated carbocycles. The number of carboxylic acid groups (broad SMARTS) is 1. The van der Waals surface area contributed by atoms with Crippen LogP contribution in [0.25, 0.3) is 0 Å². The van der Waals surface area contributed by atoms with Crippen LogP contribution in [-0.4, -0.2) is 28.1 Å². The molecule has 0 saturated heterocycles. The third-order valence-electron chi connectivity index (χ3n) is 4.35. The summed E-state index contributed by atoms with van der Waals surface area (Å²) in [5, 5.41) is 9.51. The van der Waals surface area contributed by atoms with E-state index in [0.717, 1.165) is 22.3 Å². The van der Waals surface area contributed by atoms with Crippen molar-refractivity contribution in [1.82, 2.24) is 4.90 Å². The fourth-order valence-corrected chi connectivity index (χ4v) is 3.02. The zero-order valence-corrected chi connectivity index (χ0v) is 13.4. The first-order chi connectivity index (χ1) is 11.6. The van der Waals surface area contributed by atoms with E-state index in [1.165, 1.54) is 4.90 Å². The number of benzene rings is 2. The number of rotatable bonds is 3. The first-order valence-electron chi connectivity index (χ1n) is 7.83. The molecule has 24 heavy (non-hydrogen) atoms. The molecule has 0 fully saturated rings. The SMILES string of the molecule is Cc1cccc2c1C[C@H](C(=O)O)N(C(=O)OCc1ccccc1)C2. The Labute approximate surface area is 140 Å². The summed E-state index contributed by atoms with van der Waals surface area (Å²) < 4.78 is 5.32. The highest BCUT2D eigenvalue weighted by molar-refractivity contribution is 5.81. The Hall–Kier alpha value is -2.82. The van der Waals surface area contributed by atoms with Crippen molar-refractivity contribution in [2.75, 3.05) is 0 Å². The topological polar surface area (TPSA) is 66.8 Å². The summed E-state index contributed by atoms with van der Waals surface area (Å²) in [7, 11) is 0. The molecular formula is C19H19NO4. The van der Waals surface area contributed by atoms with Crippen LogP contribution in [0.2, 0.25) is 0 Å². The largest absolute Gasteiger partial charge is 0.480 e. The van der Waals surface area contributed by atoms with Crippen molar-refractivity contribution >= 4 is 12.1 Å². The van der Waals surface area contributed by atoms with Crippen molar-refractivity contribution in [3.63, 3.8) is 0 Å². The minimum Gasteiger partial charge on any atom is -0.480 e. The number of aliphatic carboxylic acids is 1. The van der Waals surface area contributed by atoms with Crippen LogP contribution >= 0.6 is 0 Å². The molecule has 5 nitrogen and oxygen atoms in total. The summed E-state index contributed by atoms with van der Waals surface area (Å²) in [6.07, 6.45) is -0.295. The Kier molecular flexibility index (Phi) is 4.51. The highest BCUT2D eigenvalue weighted by atomic mass is 16.6. The number of carbonyl (C=O) groups excluding carboxylic acids is 1. The number of ether oxygens (including phenoxy) is 1. The van der Waals surface area contributed by atoms with Crippen molar-refractivity contribution < 1.29 is 19.4 Å². The first-order valence-corrected chi connectivity index (χ1v) is 7.83. The summed E-state index contributed by atoms with van der Waals surface area (Å²) in [4.78, 5) is 25.3. The molecular weight excluding hydrogens is 306 g/mol. The van der Waals surface area contributed by atoms with Crippen LogP contribution in [-0.2, 0) is 29.1 Å². The maximum atomic E-state index is 12.4. The Morgan fingerprint density at radius 1 is 1.17 bits per heavy atom. The molecule has 1 atom stereocenters. The molecule has 1 aliphatic rings. The molecule has 0 unspecified atom stereocenters. The molecule has 1 amide bonds. The van der Waals surface area contributed by atoms with Crippen molar-refractivity contribution in [3.8, 4) is 0 Å². The molecule has 1 heterocycles. The van der Waals surface area contributed by atoms with Crippen LogP contribution in [0.4, 0.5) is 4.79 Å². The van der Waals surface area contributed by atoms with E-state index in [9.17, 15) is 14.7 Å². The van der Waals surface area contributed by atoms with Gasteiger partial charge in [0.25, 0.3) is 0 Å². The van der Waals surface area contributed by atoms with Crippen LogP contribution in [0, 0.1) is 6.92 Å². The summed E-state index contributed by atoms with van der Waals surface area (Å²) in [5.74, 6) is -1.01. The van der Waals surface area contributed by atoms with Crippen molar-refractivity contribution in [2.45, 2.75) is 32.5 Å². The number of aryl methyl sites for hydroxylation is 1. The van der Waals surface area contributed by atoms with E-state index in [0.29, 0.717) is 6.42 Å². The Morgan fingerprint density at radius 2 is 1.92 bits per heavy atom. The van der Waals surface area contributed by atoms with E-state index >= 15 is 0 Å². The summed E-state index contributed by atoms with van der Waals surface area (Å²) >= 11 is 0. The molecule has 2 aromatic rings. The van der Waals surface area contributed by atoms with Gasteiger partial charge in [0.1, 0.15) is 12.6 Å². The Bertz CT molecular complexity index is 757. The van der Waals surface area contributed by atoms with E-state index in [1.807, 2.05) is 55.5 Å². The first kappa shape index (κ1) is 16.1. The summed E-state index contributed by atoms with van der Waals surface area (Å²) in [6, 6.07) is 14.2. The Morgan fingerprint density at radius 3 is 2.62 bits per heavy atom. The molecule has 1 aliphatic heterocycles. The molecule has 5 heteroatoms. The number of fused-ring (bicyclic) bond motifs is 1. The molecule has 0 aromatic heterocycles. The van der Waals surface area contributed by atoms with Gasteiger partial charge < -0.3 is 9.84 Å². The lowest BCUT2D eigenvalue weighted by Gasteiger charge is -2.34. The van der Waals surface area contributed by atoms with E-state index in [1.54, 1.807) is 0 Å². The monoisotopic (exact) mass is 325 g/mol. The predicted molar refractivity (Wildman–Crippen MR) is 88.5 cm³/mol. The molecule has 0 bridgehead atoms. The lowest BCUT2D eigenvalue weighted by atomic mass is 9.91. The van der Waals surface area contributed by atoms with Gasteiger partial charge in [0, 0.05) is 6.42 Å². The fraction of sp³-hybridized carbons (Fsp3) is 0.263. The number of carboxylic acids is 1. The number of carbonyl (C=O) groups is 2. The van der Waals surface area contributed by atoms with Gasteiger partial charge in [-0.25, -0.2) is 9.59 Å². The fourth-order valence-electron chi connectivity index (χ4n) is 3.02. The minimum absolute atomic E-state index is 0.128. The molecule has 0 spiro atoms. The van der Waals surface area contributed by atoms with Gasteiger partial charge >= 0.3 is 12.1 Å². The average molecular weight is 325 g/mol. The maximum absolute atomic E-state index is 12.4. The molecule has 0 aliphatic carbocycles. The number of hydrogen-bond acceptors (Lipinski definition) is 3. The highest BCUT2D eigenvalue weighted by Gasteiger charge is 2.36. The second-order valence-corrected chi connectivity index (χ2v) is 5.94. The van der Waals surface area contributed by atoms with E-state index < -0.39 is 18.1 Å². The lowest BCUT2D eigenvalue weighted by molar-refractivity contribution is -0.143. The van der Waals surface area contributed by atoms with Gasteiger partial charge in [0.2, 0.25) is 0 Å². The van der Waals surface area contributed by atoms with Crippen molar-refractivity contribution in [2.24, 2.45) is 0 Å². The van der Waals surface area contributed by atoms with Gasteiger partial charge in [0.05, 0.1) is 6.54 Å². The minimum atomic E-state index is -1.01. The maximum Gasteiger partial charge on any atom is 0.411 e. The second kappa shape index (κ2) is 6.74. The van der Waals surface area contributed by atoms with Gasteiger partial charge in [-0.3, -0.25) is 4.90 Å². The van der Waals surface area contributed by atoms with Crippen LogP contribution in [0.15, 0.2) is 48.5 Å². The molecule has 1 N–H and O–H groups in total. The zero-order valence-electron chi connectivity index (χ0n) is 13.4. The van der Waals surface area contributed by atoms with Crippen molar-refractivity contribution in [3.05, 3.63) is 70.8 Å². The standard InChI is InChI=1S/C19H19NO4/c1-13-6-5-9-15-11-20(17(18(21)22)10-16(13)15)19(23)24-12-14-7-3-2-4-8-14/h2-9,17H,10-12H2,1H3,(H,21,22)/t17-/m1/s1. The third-order valence-corrected chi connectivity index (χ3v) is 4.35. The number of amides is 1. The van der Waals surface area contributed by atoms with Crippen LogP contribution < -0.4 is 0 Å². The van der Waals surface area contributed by atoms with Gasteiger partial charge in [-0.1, -0.05) is 48.5 Å². The van der Waals surface area contributed by atoms with Crippen LogP contribution in [0.5, 0.6) is 0 Å². The smallest absolute Gasteiger partial charge is 0.411 e. The summed E-state index contributed by atoms with van der Waals surface area (Å²) in [5.41, 5.74) is 3.91. The van der Waals surface area contributed by atoms with Gasteiger partial charge in [-0.05, 0) is 29.2 Å². The van der Waals surface area contributed by atoms with Gasteiger partial charge in [0.15, 0.2) is 0 Å². The quantitative estimate of drug-likeness (QED) is 0.941. The zero-order chi connectivity index (χ0) is 17.1. The Balaban J connectivity index is 1.77.